The first kappa shape index (κ1) is 26.6. The molecule has 0 aliphatic heterocycles. The Morgan fingerprint density at radius 2 is 1.44 bits per heavy atom. The third-order valence-electron chi connectivity index (χ3n) is 2.63. The Hall–Kier alpha value is 0.106. The van der Waals surface area contributed by atoms with Crippen LogP contribution in [0.5, 0.6) is 0 Å². The van der Waals surface area contributed by atoms with E-state index < -0.39 is 0 Å². The smallest absolute Gasteiger partial charge is 0.346 e. The SMILES string of the molecule is CCc1ccccc1[C-](CC)CC.Cl.N.[CH2-]C.[Mg+2]. The summed E-state index contributed by atoms with van der Waals surface area (Å²) >= 11 is 0. The van der Waals surface area contributed by atoms with Gasteiger partial charge in [0, 0.05) is 0 Å². The summed E-state index contributed by atoms with van der Waals surface area (Å²) in [5, 5.41) is 0. The van der Waals surface area contributed by atoms with Crippen LogP contribution in [0.3, 0.4) is 0 Å². The van der Waals surface area contributed by atoms with Gasteiger partial charge >= 0.3 is 23.1 Å². The maximum Gasteiger partial charge on any atom is 2.00 e. The predicted molar refractivity (Wildman–Crippen MR) is 87.8 cm³/mol. The Labute approximate surface area is 136 Å². The zero-order valence-corrected chi connectivity index (χ0v) is 14.7. The molecule has 0 amide bonds. The van der Waals surface area contributed by atoms with Gasteiger partial charge in [0.2, 0.25) is 0 Å². The first-order valence-corrected chi connectivity index (χ1v) is 5.97. The molecule has 1 aromatic carbocycles. The van der Waals surface area contributed by atoms with Gasteiger partial charge in [-0.2, -0.15) is 24.5 Å². The summed E-state index contributed by atoms with van der Waals surface area (Å²) in [4.78, 5) is 0. The molecule has 0 atom stereocenters. The summed E-state index contributed by atoms with van der Waals surface area (Å²) in [5.74, 6) is 1.58. The molecule has 0 aliphatic carbocycles. The van der Waals surface area contributed by atoms with E-state index in [0.29, 0.717) is 0 Å². The zero-order valence-electron chi connectivity index (χ0n) is 12.5. The molecular formula is C15H28ClMgN. The van der Waals surface area contributed by atoms with Crippen LogP contribution in [-0.2, 0) is 6.42 Å². The zero-order chi connectivity index (χ0) is 11.7. The van der Waals surface area contributed by atoms with Crippen LogP contribution in [0.25, 0.3) is 0 Å². The second-order valence-electron chi connectivity index (χ2n) is 3.32. The predicted octanol–water partition coefficient (Wildman–Crippen LogP) is 5.03. The molecule has 1 nitrogen and oxygen atoms in total. The normalized spacial score (nSPS) is 7.61. The fourth-order valence-electron chi connectivity index (χ4n) is 1.80. The molecule has 0 heterocycles. The summed E-state index contributed by atoms with van der Waals surface area (Å²) in [6, 6.07) is 8.76. The van der Waals surface area contributed by atoms with E-state index in [-0.39, 0.29) is 41.6 Å². The van der Waals surface area contributed by atoms with E-state index in [2.05, 4.69) is 52.0 Å². The van der Waals surface area contributed by atoms with Gasteiger partial charge in [0.15, 0.2) is 0 Å². The van der Waals surface area contributed by atoms with E-state index >= 15 is 0 Å². The van der Waals surface area contributed by atoms with Crippen LogP contribution in [0.4, 0.5) is 0 Å². The maximum absolute atomic E-state index is 3.25. The van der Waals surface area contributed by atoms with E-state index in [1.165, 1.54) is 24.0 Å². The number of hydrogen-bond acceptors (Lipinski definition) is 1. The van der Waals surface area contributed by atoms with Crippen molar-refractivity contribution in [3.8, 4) is 0 Å². The summed E-state index contributed by atoms with van der Waals surface area (Å²) in [6.45, 7) is 11.7. The van der Waals surface area contributed by atoms with Crippen molar-refractivity contribution < 1.29 is 0 Å². The molecule has 0 bridgehead atoms. The second kappa shape index (κ2) is 17.1. The van der Waals surface area contributed by atoms with E-state index in [9.17, 15) is 0 Å². The maximum atomic E-state index is 3.25. The molecule has 18 heavy (non-hydrogen) atoms. The molecule has 102 valence electrons. The number of aryl methyl sites for hydroxylation is 1. The molecule has 0 saturated carbocycles. The van der Waals surface area contributed by atoms with Gasteiger partial charge in [0.05, 0.1) is 0 Å². The van der Waals surface area contributed by atoms with Crippen molar-refractivity contribution >= 4 is 35.5 Å². The van der Waals surface area contributed by atoms with Crippen LogP contribution in [0.15, 0.2) is 24.3 Å². The molecule has 0 radical (unpaired) electrons. The van der Waals surface area contributed by atoms with Crippen LogP contribution in [0.1, 0.15) is 51.7 Å². The minimum Gasteiger partial charge on any atom is -0.346 e. The largest absolute Gasteiger partial charge is 2.00 e. The number of rotatable bonds is 4. The van der Waals surface area contributed by atoms with Gasteiger partial charge in [-0.15, -0.1) is 30.1 Å². The van der Waals surface area contributed by atoms with Crippen molar-refractivity contribution in [3.63, 3.8) is 0 Å². The van der Waals surface area contributed by atoms with Gasteiger partial charge in [-0.3, -0.25) is 0 Å². The van der Waals surface area contributed by atoms with Crippen molar-refractivity contribution in [1.29, 1.82) is 0 Å². The van der Waals surface area contributed by atoms with Crippen LogP contribution in [0, 0.1) is 12.8 Å². The molecule has 3 N–H and O–H groups in total. The Kier molecular flexibility index (Phi) is 25.3. The van der Waals surface area contributed by atoms with Crippen molar-refractivity contribution in [2.45, 2.75) is 47.0 Å². The molecule has 3 heteroatoms. The standard InChI is InChI=1S/C13H19.C2H5.ClH.Mg.H3N/c1-4-11(5-2)13-10-8-7-9-12(13)6-3;1-2;;;/h7-10H,4-6H2,1-3H3;1H2,2H3;1H;;1H3/q2*-1;;+2;. The summed E-state index contributed by atoms with van der Waals surface area (Å²) < 4.78 is 0. The first-order chi connectivity index (χ1) is 7.33. The summed E-state index contributed by atoms with van der Waals surface area (Å²) in [5.41, 5.74) is 2.97. The van der Waals surface area contributed by atoms with Gasteiger partial charge in [-0.25, -0.2) is 0 Å². The van der Waals surface area contributed by atoms with Gasteiger partial charge in [-0.1, -0.05) is 46.1 Å². The van der Waals surface area contributed by atoms with E-state index in [0.717, 1.165) is 6.42 Å². The van der Waals surface area contributed by atoms with E-state index in [1.807, 2.05) is 0 Å². The Morgan fingerprint density at radius 3 is 1.83 bits per heavy atom. The molecule has 0 saturated heterocycles. The molecule has 0 aliphatic rings. The summed E-state index contributed by atoms with van der Waals surface area (Å²) in [7, 11) is 0. The third kappa shape index (κ3) is 8.25. The van der Waals surface area contributed by atoms with Gasteiger partial charge in [0.1, 0.15) is 0 Å². The molecule has 0 unspecified atom stereocenters. The Morgan fingerprint density at radius 1 is 1.00 bits per heavy atom. The molecule has 0 fully saturated rings. The third-order valence-corrected chi connectivity index (χ3v) is 2.63. The van der Waals surface area contributed by atoms with Crippen molar-refractivity contribution in [2.24, 2.45) is 0 Å². The second-order valence-corrected chi connectivity index (χ2v) is 3.32. The van der Waals surface area contributed by atoms with Crippen LogP contribution >= 0.6 is 12.4 Å². The molecule has 0 spiro atoms. The molecule has 1 aromatic rings. The molecular weight excluding hydrogens is 254 g/mol. The van der Waals surface area contributed by atoms with Crippen LogP contribution < -0.4 is 6.15 Å². The topological polar surface area (TPSA) is 35.0 Å². The minimum absolute atomic E-state index is 0. The van der Waals surface area contributed by atoms with Gasteiger partial charge < -0.3 is 13.1 Å². The summed E-state index contributed by atoms with van der Waals surface area (Å²) in [6.07, 6.45) is 3.49. The molecule has 1 rings (SSSR count). The Bertz CT molecular complexity index is 262. The van der Waals surface area contributed by atoms with Crippen molar-refractivity contribution in [1.82, 2.24) is 6.15 Å². The van der Waals surface area contributed by atoms with Gasteiger partial charge in [0.25, 0.3) is 0 Å². The van der Waals surface area contributed by atoms with E-state index in [1.54, 1.807) is 12.8 Å². The van der Waals surface area contributed by atoms with Gasteiger partial charge in [-0.05, 0) is 0 Å². The van der Waals surface area contributed by atoms with Crippen LogP contribution in [0.2, 0.25) is 0 Å². The quantitative estimate of drug-likeness (QED) is 0.609. The van der Waals surface area contributed by atoms with Crippen molar-refractivity contribution in [2.75, 3.05) is 0 Å². The Balaban J connectivity index is -0.000000186. The average Bonchev–Trinajstić information content (AvgIpc) is 2.34. The van der Waals surface area contributed by atoms with Crippen molar-refractivity contribution in [3.05, 3.63) is 48.2 Å². The first-order valence-electron chi connectivity index (χ1n) is 5.97. The monoisotopic (exact) mass is 281 g/mol. The number of hydrogen-bond donors (Lipinski definition) is 1. The van der Waals surface area contributed by atoms with E-state index in [4.69, 9.17) is 0 Å². The fraction of sp³-hybridized carbons (Fsp3) is 0.467. The molecule has 0 aromatic heterocycles. The average molecular weight is 282 g/mol. The number of benzene rings is 1. The number of halogens is 1. The fourth-order valence-corrected chi connectivity index (χ4v) is 1.80. The van der Waals surface area contributed by atoms with Crippen LogP contribution in [-0.4, -0.2) is 23.1 Å². The minimum atomic E-state index is 0.